The molecular formula is C27H30BrN3O4S. The van der Waals surface area contributed by atoms with Gasteiger partial charge in [0.1, 0.15) is 12.6 Å². The van der Waals surface area contributed by atoms with Crippen molar-refractivity contribution < 1.29 is 18.0 Å². The van der Waals surface area contributed by atoms with Crippen molar-refractivity contribution in [3.8, 4) is 0 Å². The zero-order chi connectivity index (χ0) is 26.3. The number of amides is 2. The molecule has 1 N–H and O–H groups in total. The van der Waals surface area contributed by atoms with Crippen molar-refractivity contribution in [1.29, 1.82) is 0 Å². The van der Waals surface area contributed by atoms with Gasteiger partial charge in [-0.05, 0) is 47.9 Å². The lowest BCUT2D eigenvalue weighted by Crippen LogP contribution is -2.53. The summed E-state index contributed by atoms with van der Waals surface area (Å²) >= 11 is 3.35. The third-order valence-corrected chi connectivity index (χ3v) is 7.58. The highest BCUT2D eigenvalue weighted by molar-refractivity contribution is 9.10. The highest BCUT2D eigenvalue weighted by Gasteiger charge is 2.32. The van der Waals surface area contributed by atoms with E-state index in [0.717, 1.165) is 31.7 Å². The van der Waals surface area contributed by atoms with E-state index >= 15 is 0 Å². The van der Waals surface area contributed by atoms with Crippen LogP contribution in [0.5, 0.6) is 0 Å². The van der Waals surface area contributed by atoms with Gasteiger partial charge in [-0.25, -0.2) is 8.42 Å². The summed E-state index contributed by atoms with van der Waals surface area (Å²) in [5.74, 6) is -0.800. The summed E-state index contributed by atoms with van der Waals surface area (Å²) in [6, 6.07) is 22.9. The first-order valence-electron chi connectivity index (χ1n) is 11.4. The molecule has 0 heterocycles. The smallest absolute Gasteiger partial charge is 0.244 e. The van der Waals surface area contributed by atoms with Gasteiger partial charge in [-0.2, -0.15) is 0 Å². The maximum atomic E-state index is 13.8. The van der Waals surface area contributed by atoms with Crippen LogP contribution in [0.4, 0.5) is 5.69 Å². The average Bonchev–Trinajstić information content (AvgIpc) is 2.85. The molecule has 0 aliphatic rings. The molecule has 0 radical (unpaired) electrons. The first-order chi connectivity index (χ1) is 17.1. The summed E-state index contributed by atoms with van der Waals surface area (Å²) in [4.78, 5) is 28.4. The van der Waals surface area contributed by atoms with Gasteiger partial charge in [0.2, 0.25) is 21.8 Å². The second-order valence-corrected chi connectivity index (χ2v) is 11.3. The Morgan fingerprint density at radius 1 is 0.944 bits per heavy atom. The Labute approximate surface area is 221 Å². The predicted molar refractivity (Wildman–Crippen MR) is 146 cm³/mol. The van der Waals surface area contributed by atoms with Crippen LogP contribution in [0.2, 0.25) is 0 Å². The number of likely N-dealkylation sites (N-methyl/N-ethyl adjacent to an activating group) is 1. The molecule has 0 saturated carbocycles. The Bertz CT molecular complexity index is 1300. The summed E-state index contributed by atoms with van der Waals surface area (Å²) in [6.07, 6.45) is 1.35. The quantitative estimate of drug-likeness (QED) is 0.399. The molecule has 7 nitrogen and oxygen atoms in total. The molecular weight excluding hydrogens is 542 g/mol. The summed E-state index contributed by atoms with van der Waals surface area (Å²) in [6.45, 7) is 1.66. The number of carbonyl (C=O) groups excluding carboxylic acids is 2. The van der Waals surface area contributed by atoms with Gasteiger partial charge in [-0.3, -0.25) is 13.9 Å². The third kappa shape index (κ3) is 7.18. The van der Waals surface area contributed by atoms with E-state index in [1.165, 1.54) is 11.9 Å². The number of carbonyl (C=O) groups is 2. The average molecular weight is 573 g/mol. The number of hydrogen-bond donors (Lipinski definition) is 1. The largest absolute Gasteiger partial charge is 0.357 e. The second kappa shape index (κ2) is 12.2. The van der Waals surface area contributed by atoms with Gasteiger partial charge in [0.15, 0.2) is 0 Å². The number of halogens is 1. The molecule has 0 aliphatic heterocycles. The molecule has 0 unspecified atom stereocenters. The zero-order valence-electron chi connectivity index (χ0n) is 20.5. The zero-order valence-corrected chi connectivity index (χ0v) is 22.9. The molecule has 190 valence electrons. The standard InChI is InChI=1S/C27H30BrN3O4S/c1-20-9-7-8-12-22(20)18-30(25(27(33)29-2)17-21-10-5-4-6-11-21)26(32)19-31(36(3,34)35)24-15-13-23(28)14-16-24/h4-16,25H,17-19H2,1-3H3,(H,29,33)/t25-/m0/s1. The number of nitrogens with zero attached hydrogens (tertiary/aromatic N) is 2. The van der Waals surface area contributed by atoms with E-state index in [9.17, 15) is 18.0 Å². The van der Waals surface area contributed by atoms with Gasteiger partial charge < -0.3 is 10.2 Å². The molecule has 3 rings (SSSR count). The van der Waals surface area contributed by atoms with Crippen LogP contribution in [0.1, 0.15) is 16.7 Å². The van der Waals surface area contributed by atoms with Crippen LogP contribution in [0.3, 0.4) is 0 Å². The highest BCUT2D eigenvalue weighted by atomic mass is 79.9. The third-order valence-electron chi connectivity index (χ3n) is 5.91. The summed E-state index contributed by atoms with van der Waals surface area (Å²) in [7, 11) is -2.25. The Hall–Kier alpha value is -3.17. The molecule has 0 aliphatic carbocycles. The molecule has 0 aromatic heterocycles. The number of rotatable bonds is 10. The fourth-order valence-electron chi connectivity index (χ4n) is 3.91. The van der Waals surface area contributed by atoms with Crippen LogP contribution < -0.4 is 9.62 Å². The van der Waals surface area contributed by atoms with Crippen LogP contribution in [-0.4, -0.2) is 51.0 Å². The number of anilines is 1. The Kier molecular flexibility index (Phi) is 9.28. The van der Waals surface area contributed by atoms with Gasteiger partial charge in [0.05, 0.1) is 11.9 Å². The van der Waals surface area contributed by atoms with Gasteiger partial charge in [-0.15, -0.1) is 0 Å². The molecule has 0 saturated heterocycles. The minimum absolute atomic E-state index is 0.161. The van der Waals surface area contributed by atoms with E-state index < -0.39 is 28.5 Å². The fourth-order valence-corrected chi connectivity index (χ4v) is 5.03. The molecule has 36 heavy (non-hydrogen) atoms. The van der Waals surface area contributed by atoms with E-state index in [2.05, 4.69) is 21.2 Å². The summed E-state index contributed by atoms with van der Waals surface area (Å²) in [5, 5.41) is 2.67. The molecule has 1 atom stereocenters. The number of benzene rings is 3. The topological polar surface area (TPSA) is 86.8 Å². The minimum atomic E-state index is -3.78. The molecule has 2 amide bonds. The molecule has 9 heteroatoms. The van der Waals surface area contributed by atoms with E-state index in [-0.39, 0.29) is 18.9 Å². The molecule has 3 aromatic rings. The summed E-state index contributed by atoms with van der Waals surface area (Å²) < 4.78 is 27.3. The van der Waals surface area contributed by atoms with E-state index in [0.29, 0.717) is 5.69 Å². The summed E-state index contributed by atoms with van der Waals surface area (Å²) in [5.41, 5.74) is 3.10. The van der Waals surface area contributed by atoms with Crippen molar-refractivity contribution in [1.82, 2.24) is 10.2 Å². The van der Waals surface area contributed by atoms with Gasteiger partial charge in [0.25, 0.3) is 0 Å². The Morgan fingerprint density at radius 2 is 1.56 bits per heavy atom. The maximum absolute atomic E-state index is 13.8. The molecule has 0 bridgehead atoms. The van der Waals surface area contributed by atoms with E-state index in [4.69, 9.17) is 0 Å². The van der Waals surface area contributed by atoms with E-state index in [1.807, 2.05) is 61.5 Å². The Balaban J connectivity index is 2.03. The second-order valence-electron chi connectivity index (χ2n) is 8.51. The van der Waals surface area contributed by atoms with Crippen molar-refractivity contribution in [2.45, 2.75) is 25.9 Å². The predicted octanol–water partition coefficient (Wildman–Crippen LogP) is 3.91. The molecule has 3 aromatic carbocycles. The minimum Gasteiger partial charge on any atom is -0.357 e. The highest BCUT2D eigenvalue weighted by Crippen LogP contribution is 2.23. The lowest BCUT2D eigenvalue weighted by molar-refractivity contribution is -0.139. The molecule has 0 fully saturated rings. The lowest BCUT2D eigenvalue weighted by Gasteiger charge is -2.33. The van der Waals surface area contributed by atoms with Crippen LogP contribution in [0.25, 0.3) is 0 Å². The normalized spacial score (nSPS) is 12.0. The first kappa shape index (κ1) is 27.4. The SMILES string of the molecule is CNC(=O)[C@H](Cc1ccccc1)N(Cc1ccccc1C)C(=O)CN(c1ccc(Br)cc1)S(C)(=O)=O. The van der Waals surface area contributed by atoms with Crippen LogP contribution in [0.15, 0.2) is 83.3 Å². The van der Waals surface area contributed by atoms with Crippen molar-refractivity contribution in [2.24, 2.45) is 0 Å². The lowest BCUT2D eigenvalue weighted by atomic mass is 10.0. The van der Waals surface area contributed by atoms with Crippen molar-refractivity contribution >= 4 is 43.5 Å². The number of hydrogen-bond acceptors (Lipinski definition) is 4. The van der Waals surface area contributed by atoms with Crippen LogP contribution >= 0.6 is 15.9 Å². The first-order valence-corrected chi connectivity index (χ1v) is 14.1. The van der Waals surface area contributed by atoms with Crippen molar-refractivity contribution in [3.05, 3.63) is 100 Å². The van der Waals surface area contributed by atoms with E-state index in [1.54, 1.807) is 24.3 Å². The van der Waals surface area contributed by atoms with Crippen molar-refractivity contribution in [3.63, 3.8) is 0 Å². The number of sulfonamides is 1. The Morgan fingerprint density at radius 3 is 2.14 bits per heavy atom. The number of nitrogens with one attached hydrogen (secondary N) is 1. The van der Waals surface area contributed by atoms with Gasteiger partial charge in [0, 0.05) is 24.5 Å². The van der Waals surface area contributed by atoms with Gasteiger partial charge in [-0.1, -0.05) is 70.5 Å². The van der Waals surface area contributed by atoms with Crippen molar-refractivity contribution in [2.75, 3.05) is 24.2 Å². The molecule has 0 spiro atoms. The van der Waals surface area contributed by atoms with Crippen LogP contribution in [0, 0.1) is 6.92 Å². The fraction of sp³-hybridized carbons (Fsp3) is 0.259. The number of aryl methyl sites for hydroxylation is 1. The van der Waals surface area contributed by atoms with Crippen LogP contribution in [-0.2, 0) is 32.6 Å². The monoisotopic (exact) mass is 571 g/mol. The van der Waals surface area contributed by atoms with Gasteiger partial charge >= 0.3 is 0 Å². The maximum Gasteiger partial charge on any atom is 0.244 e.